The Morgan fingerprint density at radius 3 is 2.77 bits per heavy atom. The maximum absolute atomic E-state index is 13.5. The molecule has 30 heavy (non-hydrogen) atoms. The molecule has 7 heteroatoms. The molecule has 2 aromatic carbocycles. The van der Waals surface area contributed by atoms with Crippen molar-refractivity contribution in [2.75, 3.05) is 43.6 Å². The Hall–Kier alpha value is -2.64. The first-order chi connectivity index (χ1) is 14.5. The molecule has 1 fully saturated rings. The second kappa shape index (κ2) is 10.4. The van der Waals surface area contributed by atoms with Crippen LogP contribution in [0.2, 0.25) is 0 Å². The third-order valence-electron chi connectivity index (χ3n) is 5.16. The van der Waals surface area contributed by atoms with Crippen LogP contribution in [-0.4, -0.2) is 44.6 Å². The molecule has 1 atom stereocenters. The van der Waals surface area contributed by atoms with E-state index in [-0.39, 0.29) is 12.7 Å². The number of halogens is 2. The molecular formula is C23H28F2N2O3. The van der Waals surface area contributed by atoms with Gasteiger partial charge in [-0.1, -0.05) is 6.58 Å². The molecule has 3 rings (SSSR count). The number of hydrogen-bond donors (Lipinski definition) is 2. The third-order valence-corrected chi connectivity index (χ3v) is 5.16. The van der Waals surface area contributed by atoms with Gasteiger partial charge in [0.1, 0.15) is 5.75 Å². The van der Waals surface area contributed by atoms with Gasteiger partial charge < -0.3 is 24.8 Å². The van der Waals surface area contributed by atoms with Crippen LogP contribution in [0.3, 0.4) is 0 Å². The first-order valence-corrected chi connectivity index (χ1v) is 10.1. The van der Waals surface area contributed by atoms with Crippen LogP contribution < -0.4 is 15.0 Å². The first kappa shape index (κ1) is 22.1. The van der Waals surface area contributed by atoms with Crippen molar-refractivity contribution in [3.8, 4) is 5.75 Å². The molecule has 2 aromatic rings. The Bertz CT molecular complexity index is 876. The van der Waals surface area contributed by atoms with E-state index in [1.165, 1.54) is 6.07 Å². The second-order valence-electron chi connectivity index (χ2n) is 7.28. The molecule has 2 N–H and O–H groups in total. The Morgan fingerprint density at radius 1 is 1.20 bits per heavy atom. The predicted octanol–water partition coefficient (Wildman–Crippen LogP) is 4.42. The van der Waals surface area contributed by atoms with Gasteiger partial charge in [0, 0.05) is 30.5 Å². The van der Waals surface area contributed by atoms with Gasteiger partial charge in [-0.3, -0.25) is 0 Å². The van der Waals surface area contributed by atoms with E-state index >= 15 is 0 Å². The lowest BCUT2D eigenvalue weighted by Gasteiger charge is -2.28. The number of hydrogen-bond acceptors (Lipinski definition) is 5. The van der Waals surface area contributed by atoms with Gasteiger partial charge in [0.15, 0.2) is 11.6 Å². The monoisotopic (exact) mass is 418 g/mol. The summed E-state index contributed by atoms with van der Waals surface area (Å²) in [5.74, 6) is -1.07. The summed E-state index contributed by atoms with van der Waals surface area (Å²) in [6.07, 6.45) is 3.07. The van der Waals surface area contributed by atoms with Gasteiger partial charge in [0.25, 0.3) is 0 Å². The maximum atomic E-state index is 13.5. The Balaban J connectivity index is 1.81. The molecule has 1 aliphatic rings. The smallest absolute Gasteiger partial charge is 0.160 e. The lowest BCUT2D eigenvalue weighted by molar-refractivity contribution is 0.0298. The van der Waals surface area contributed by atoms with Crippen molar-refractivity contribution < 1.29 is 23.4 Å². The molecule has 0 aromatic heterocycles. The number of aliphatic hydroxyl groups excluding tert-OH is 1. The average molecular weight is 418 g/mol. The van der Waals surface area contributed by atoms with Crippen molar-refractivity contribution in [2.24, 2.45) is 0 Å². The van der Waals surface area contributed by atoms with Crippen LogP contribution in [0.25, 0.3) is 5.70 Å². The normalized spacial score (nSPS) is 16.8. The standard InChI is InChI=1S/C23H28F2N2O3/c1-16(26-18-7-8-20(24)21(25)14-18)17-6-9-23(29-2)22(13-17)27-10-4-3-5-19(15-27)30-12-11-28/h6-9,13-14,19,26,28H,1,3-5,10-12,15H2,2H3. The lowest BCUT2D eigenvalue weighted by Crippen LogP contribution is -2.33. The van der Waals surface area contributed by atoms with Crippen LogP contribution in [0.1, 0.15) is 24.8 Å². The minimum Gasteiger partial charge on any atom is -0.495 e. The van der Waals surface area contributed by atoms with Gasteiger partial charge in [-0.05, 0) is 55.2 Å². The number of aliphatic hydroxyl groups is 1. The van der Waals surface area contributed by atoms with Crippen molar-refractivity contribution >= 4 is 17.1 Å². The summed E-state index contributed by atoms with van der Waals surface area (Å²) >= 11 is 0. The van der Waals surface area contributed by atoms with Crippen molar-refractivity contribution in [1.82, 2.24) is 0 Å². The molecule has 0 amide bonds. The zero-order valence-electron chi connectivity index (χ0n) is 17.2. The predicted molar refractivity (Wildman–Crippen MR) is 115 cm³/mol. The summed E-state index contributed by atoms with van der Waals surface area (Å²) < 4.78 is 38.0. The molecule has 162 valence electrons. The van der Waals surface area contributed by atoms with Gasteiger partial charge >= 0.3 is 0 Å². The summed E-state index contributed by atoms with van der Waals surface area (Å²) in [6, 6.07) is 9.36. The minimum atomic E-state index is -0.915. The second-order valence-corrected chi connectivity index (χ2v) is 7.28. The van der Waals surface area contributed by atoms with E-state index in [1.807, 2.05) is 18.2 Å². The highest BCUT2D eigenvalue weighted by atomic mass is 19.2. The number of ether oxygens (including phenoxy) is 2. The third kappa shape index (κ3) is 5.49. The average Bonchev–Trinajstić information content (AvgIpc) is 3.00. The molecule has 5 nitrogen and oxygen atoms in total. The van der Waals surface area contributed by atoms with Crippen LogP contribution in [0.5, 0.6) is 5.75 Å². The van der Waals surface area contributed by atoms with Crippen molar-refractivity contribution in [1.29, 1.82) is 0 Å². The van der Waals surface area contributed by atoms with Crippen LogP contribution in [-0.2, 0) is 4.74 Å². The number of nitrogens with one attached hydrogen (secondary N) is 1. The lowest BCUT2D eigenvalue weighted by atomic mass is 10.1. The molecule has 0 aliphatic carbocycles. The topological polar surface area (TPSA) is 54.0 Å². The number of benzene rings is 2. The van der Waals surface area contributed by atoms with E-state index in [1.54, 1.807) is 7.11 Å². The Kier molecular flexibility index (Phi) is 7.65. The summed E-state index contributed by atoms with van der Waals surface area (Å²) in [4.78, 5) is 2.22. The molecule has 1 unspecified atom stereocenters. The SMILES string of the molecule is C=C(Nc1ccc(F)c(F)c1)c1ccc(OC)c(N2CCCCC(OCCO)C2)c1. The highest BCUT2D eigenvalue weighted by Gasteiger charge is 2.22. The van der Waals surface area contributed by atoms with Crippen molar-refractivity contribution in [3.63, 3.8) is 0 Å². The van der Waals surface area contributed by atoms with Gasteiger partial charge in [0.05, 0.1) is 32.1 Å². The molecule has 1 saturated heterocycles. The maximum Gasteiger partial charge on any atom is 0.160 e. The van der Waals surface area contributed by atoms with E-state index in [4.69, 9.17) is 14.6 Å². The Morgan fingerprint density at radius 2 is 2.03 bits per heavy atom. The van der Waals surface area contributed by atoms with Gasteiger partial charge in [-0.2, -0.15) is 0 Å². The molecule has 0 bridgehead atoms. The summed E-state index contributed by atoms with van der Waals surface area (Å²) in [7, 11) is 1.63. The van der Waals surface area contributed by atoms with Gasteiger partial charge in [0.2, 0.25) is 0 Å². The van der Waals surface area contributed by atoms with Crippen LogP contribution in [0, 0.1) is 11.6 Å². The summed E-state index contributed by atoms with van der Waals surface area (Å²) in [5, 5.41) is 12.1. The largest absolute Gasteiger partial charge is 0.495 e. The van der Waals surface area contributed by atoms with E-state index in [0.29, 0.717) is 24.5 Å². The number of methoxy groups -OCH3 is 1. The Labute approximate surface area is 175 Å². The molecule has 0 spiro atoms. The molecule has 1 heterocycles. The van der Waals surface area contributed by atoms with E-state index < -0.39 is 11.6 Å². The zero-order valence-corrected chi connectivity index (χ0v) is 17.2. The van der Waals surface area contributed by atoms with Crippen LogP contribution in [0.4, 0.5) is 20.2 Å². The highest BCUT2D eigenvalue weighted by molar-refractivity contribution is 5.78. The van der Waals surface area contributed by atoms with Crippen LogP contribution >= 0.6 is 0 Å². The van der Waals surface area contributed by atoms with E-state index in [0.717, 1.165) is 54.9 Å². The quantitative estimate of drug-likeness (QED) is 0.665. The highest BCUT2D eigenvalue weighted by Crippen LogP contribution is 2.33. The fourth-order valence-electron chi connectivity index (χ4n) is 3.62. The van der Waals surface area contributed by atoms with E-state index in [9.17, 15) is 8.78 Å². The molecule has 1 aliphatic heterocycles. The summed E-state index contributed by atoms with van der Waals surface area (Å²) in [5.41, 5.74) is 2.71. The van der Waals surface area contributed by atoms with Crippen molar-refractivity contribution in [2.45, 2.75) is 25.4 Å². The van der Waals surface area contributed by atoms with Crippen molar-refractivity contribution in [3.05, 3.63) is 60.2 Å². The number of rotatable bonds is 8. The summed E-state index contributed by atoms with van der Waals surface area (Å²) in [6.45, 7) is 5.94. The first-order valence-electron chi connectivity index (χ1n) is 10.1. The minimum absolute atomic E-state index is 0.00474. The van der Waals surface area contributed by atoms with Gasteiger partial charge in [-0.25, -0.2) is 8.78 Å². The van der Waals surface area contributed by atoms with Gasteiger partial charge in [-0.15, -0.1) is 0 Å². The zero-order chi connectivity index (χ0) is 21.5. The van der Waals surface area contributed by atoms with Crippen LogP contribution in [0.15, 0.2) is 43.0 Å². The molecular weight excluding hydrogens is 390 g/mol. The fraction of sp³-hybridized carbons (Fsp3) is 0.391. The number of anilines is 2. The fourth-order valence-corrected chi connectivity index (χ4v) is 3.62. The molecule has 0 radical (unpaired) electrons. The number of nitrogens with zero attached hydrogens (tertiary/aromatic N) is 1. The molecule has 0 saturated carbocycles. The van der Waals surface area contributed by atoms with E-state index in [2.05, 4.69) is 16.8 Å².